The summed E-state index contributed by atoms with van der Waals surface area (Å²) in [5.41, 5.74) is -0.00274. The zero-order valence-electron chi connectivity index (χ0n) is 13.8. The van der Waals surface area contributed by atoms with Crippen molar-refractivity contribution in [2.75, 3.05) is 13.1 Å². The predicted octanol–water partition coefficient (Wildman–Crippen LogP) is 2.79. The number of ether oxygens (including phenoxy) is 2. The fourth-order valence-electron chi connectivity index (χ4n) is 1.90. The van der Waals surface area contributed by atoms with Crippen molar-refractivity contribution < 1.29 is 18.7 Å². The van der Waals surface area contributed by atoms with Crippen LogP contribution in [0.4, 0.5) is 4.39 Å². The number of hydrogen-bond donors (Lipinski definition) is 1. The highest BCUT2D eigenvalue weighted by Crippen LogP contribution is 2.21. The highest BCUT2D eigenvalue weighted by molar-refractivity contribution is 5.38. The Bertz CT molecular complexity index is 544. The molecular formula is C17H23FN2O3. The quantitative estimate of drug-likeness (QED) is 0.867. The molecule has 1 aliphatic rings. The second-order valence-electron chi connectivity index (χ2n) is 6.15. The van der Waals surface area contributed by atoms with E-state index in [4.69, 9.17) is 10.00 Å². The van der Waals surface area contributed by atoms with Gasteiger partial charge in [-0.3, -0.25) is 4.79 Å². The van der Waals surface area contributed by atoms with Crippen LogP contribution in [-0.2, 0) is 9.53 Å². The average molecular weight is 322 g/mol. The molecular weight excluding hydrogens is 299 g/mol. The van der Waals surface area contributed by atoms with E-state index in [0.29, 0.717) is 12.0 Å². The van der Waals surface area contributed by atoms with Gasteiger partial charge in [-0.15, -0.1) is 0 Å². The number of nitrogens with zero attached hydrogens (tertiary/aromatic N) is 1. The predicted molar refractivity (Wildman–Crippen MR) is 84.5 cm³/mol. The molecule has 1 aliphatic heterocycles. The SMILES string of the molecule is CC(C)(C)OC=O.N#Cc1ccc(OC2CCNCC2)c(F)c1. The molecule has 0 radical (unpaired) electrons. The normalized spacial score (nSPS) is 14.9. The molecule has 0 aromatic heterocycles. The lowest BCUT2D eigenvalue weighted by atomic mass is 10.1. The lowest BCUT2D eigenvalue weighted by Crippen LogP contribution is -2.34. The highest BCUT2D eigenvalue weighted by Gasteiger charge is 2.16. The van der Waals surface area contributed by atoms with Crippen molar-refractivity contribution in [3.63, 3.8) is 0 Å². The lowest BCUT2D eigenvalue weighted by Gasteiger charge is -2.23. The van der Waals surface area contributed by atoms with Gasteiger partial charge >= 0.3 is 0 Å². The van der Waals surface area contributed by atoms with E-state index in [1.807, 2.05) is 26.8 Å². The molecule has 1 saturated heterocycles. The molecule has 0 aliphatic carbocycles. The van der Waals surface area contributed by atoms with Crippen LogP contribution < -0.4 is 10.1 Å². The summed E-state index contributed by atoms with van der Waals surface area (Å²) in [5, 5.41) is 11.8. The van der Waals surface area contributed by atoms with Crippen molar-refractivity contribution in [2.45, 2.75) is 45.3 Å². The van der Waals surface area contributed by atoms with Gasteiger partial charge in [0.1, 0.15) is 11.7 Å². The molecule has 5 nitrogen and oxygen atoms in total. The number of rotatable bonds is 3. The van der Waals surface area contributed by atoms with Crippen LogP contribution in [0.5, 0.6) is 5.75 Å². The first-order valence-electron chi connectivity index (χ1n) is 7.54. The molecule has 1 heterocycles. The number of carbonyl (C=O) groups excluding carboxylic acids is 1. The van der Waals surface area contributed by atoms with E-state index in [-0.39, 0.29) is 17.5 Å². The van der Waals surface area contributed by atoms with Gasteiger partial charge in [-0.05, 0) is 64.9 Å². The minimum Gasteiger partial charge on any atom is -0.487 e. The van der Waals surface area contributed by atoms with Crippen LogP contribution in [0, 0.1) is 17.1 Å². The molecule has 1 aromatic carbocycles. The summed E-state index contributed by atoms with van der Waals surface area (Å²) in [4.78, 5) is 9.60. The first kappa shape index (κ1) is 18.9. The Morgan fingerprint density at radius 3 is 2.43 bits per heavy atom. The second kappa shape index (κ2) is 9.11. The van der Waals surface area contributed by atoms with Crippen molar-refractivity contribution in [1.29, 1.82) is 5.26 Å². The number of hydrogen-bond acceptors (Lipinski definition) is 5. The van der Waals surface area contributed by atoms with Gasteiger partial charge in [-0.1, -0.05) is 0 Å². The van der Waals surface area contributed by atoms with Crippen LogP contribution in [0.3, 0.4) is 0 Å². The van der Waals surface area contributed by atoms with Gasteiger partial charge in [0, 0.05) is 0 Å². The van der Waals surface area contributed by atoms with Crippen molar-refractivity contribution in [3.05, 3.63) is 29.6 Å². The van der Waals surface area contributed by atoms with Crippen molar-refractivity contribution in [3.8, 4) is 11.8 Å². The Morgan fingerprint density at radius 1 is 1.35 bits per heavy atom. The van der Waals surface area contributed by atoms with Gasteiger partial charge in [0.05, 0.1) is 11.6 Å². The lowest BCUT2D eigenvalue weighted by molar-refractivity contribution is -0.138. The topological polar surface area (TPSA) is 71.4 Å². The van der Waals surface area contributed by atoms with Gasteiger partial charge in [0.25, 0.3) is 6.47 Å². The zero-order chi connectivity index (χ0) is 17.3. The first-order valence-corrected chi connectivity index (χ1v) is 7.54. The van der Waals surface area contributed by atoms with Gasteiger partial charge < -0.3 is 14.8 Å². The fourth-order valence-corrected chi connectivity index (χ4v) is 1.90. The molecule has 2 rings (SSSR count). The van der Waals surface area contributed by atoms with Crippen LogP contribution in [0.1, 0.15) is 39.2 Å². The van der Waals surface area contributed by atoms with Crippen molar-refractivity contribution in [1.82, 2.24) is 5.32 Å². The maximum absolute atomic E-state index is 13.5. The Labute approximate surface area is 136 Å². The summed E-state index contributed by atoms with van der Waals surface area (Å²) >= 11 is 0. The van der Waals surface area contributed by atoms with Crippen molar-refractivity contribution >= 4 is 6.47 Å². The van der Waals surface area contributed by atoms with E-state index in [1.165, 1.54) is 12.1 Å². The minimum atomic E-state index is -0.461. The Morgan fingerprint density at radius 2 is 2.00 bits per heavy atom. The summed E-state index contributed by atoms with van der Waals surface area (Å²) in [6, 6.07) is 6.19. The Hall–Kier alpha value is -2.13. The van der Waals surface area contributed by atoms with Crippen LogP contribution in [0.15, 0.2) is 18.2 Å². The Kier molecular flexibility index (Phi) is 7.49. The third-order valence-electron chi connectivity index (χ3n) is 3.04. The number of nitrogens with one attached hydrogen (secondary N) is 1. The van der Waals surface area contributed by atoms with Crippen molar-refractivity contribution in [2.24, 2.45) is 0 Å². The molecule has 0 spiro atoms. The van der Waals surface area contributed by atoms with Gasteiger partial charge in [-0.2, -0.15) is 5.26 Å². The smallest absolute Gasteiger partial charge is 0.293 e. The molecule has 1 N–H and O–H groups in total. The minimum absolute atomic E-state index is 0.0729. The van der Waals surface area contributed by atoms with Gasteiger partial charge in [0.2, 0.25) is 0 Å². The third-order valence-corrected chi connectivity index (χ3v) is 3.04. The molecule has 0 atom stereocenters. The van der Waals surface area contributed by atoms with Crippen LogP contribution in [0.25, 0.3) is 0 Å². The zero-order valence-corrected chi connectivity index (χ0v) is 13.8. The average Bonchev–Trinajstić information content (AvgIpc) is 2.50. The van der Waals surface area contributed by atoms with E-state index in [0.717, 1.165) is 25.9 Å². The molecule has 6 heteroatoms. The fraction of sp³-hybridized carbons (Fsp3) is 0.529. The molecule has 0 saturated carbocycles. The standard InChI is InChI=1S/C12H13FN2O.C5H10O2/c13-11-7-9(8-14)1-2-12(11)16-10-3-5-15-6-4-10;1-5(2,3)7-4-6/h1-2,7,10,15H,3-6H2;4H,1-3H3. The first-order chi connectivity index (χ1) is 10.9. The third kappa shape index (κ3) is 7.61. The van der Waals surface area contributed by atoms with E-state index in [2.05, 4.69) is 10.1 Å². The summed E-state index contributed by atoms with van der Waals surface area (Å²) < 4.78 is 23.6. The highest BCUT2D eigenvalue weighted by atomic mass is 19.1. The van der Waals surface area contributed by atoms with Crippen LogP contribution >= 0.6 is 0 Å². The molecule has 0 amide bonds. The van der Waals surface area contributed by atoms with E-state index >= 15 is 0 Å². The molecule has 0 bridgehead atoms. The van der Waals surface area contributed by atoms with E-state index in [9.17, 15) is 9.18 Å². The number of nitriles is 1. The van der Waals surface area contributed by atoms with E-state index in [1.54, 1.807) is 6.07 Å². The molecule has 0 unspecified atom stereocenters. The maximum Gasteiger partial charge on any atom is 0.293 e. The summed E-state index contributed by atoms with van der Waals surface area (Å²) in [5.74, 6) is -0.219. The summed E-state index contributed by atoms with van der Waals surface area (Å²) in [6.07, 6.45) is 1.85. The molecule has 23 heavy (non-hydrogen) atoms. The second-order valence-corrected chi connectivity index (χ2v) is 6.15. The monoisotopic (exact) mass is 322 g/mol. The molecule has 1 fully saturated rings. The largest absolute Gasteiger partial charge is 0.487 e. The Balaban J connectivity index is 0.000000322. The number of benzene rings is 1. The van der Waals surface area contributed by atoms with E-state index < -0.39 is 5.82 Å². The summed E-state index contributed by atoms with van der Waals surface area (Å²) in [6.45, 7) is 7.73. The van der Waals surface area contributed by atoms with Gasteiger partial charge in [0.15, 0.2) is 11.6 Å². The number of piperidine rings is 1. The number of carbonyl (C=O) groups is 1. The van der Waals surface area contributed by atoms with Crippen LogP contribution in [-0.4, -0.2) is 31.3 Å². The van der Waals surface area contributed by atoms with Gasteiger partial charge in [-0.25, -0.2) is 4.39 Å². The molecule has 126 valence electrons. The summed E-state index contributed by atoms with van der Waals surface area (Å²) in [7, 11) is 0. The molecule has 1 aromatic rings. The number of halogens is 1. The maximum atomic E-state index is 13.5. The van der Waals surface area contributed by atoms with Crippen LogP contribution in [0.2, 0.25) is 0 Å².